The van der Waals surface area contributed by atoms with Gasteiger partial charge in [-0.05, 0) is 25.8 Å². The van der Waals surface area contributed by atoms with Crippen LogP contribution in [-0.2, 0) is 0 Å². The highest BCUT2D eigenvalue weighted by molar-refractivity contribution is 8.01. The lowest BCUT2D eigenvalue weighted by Crippen LogP contribution is -2.34. The first-order valence-electron chi connectivity index (χ1n) is 5.56. The molecule has 1 fully saturated rings. The number of thioether (sulfide) groups is 1. The molecule has 3 nitrogen and oxygen atoms in total. The fourth-order valence-electron chi connectivity index (χ4n) is 1.97. The smallest absolute Gasteiger partial charge is 0.174 e. The zero-order valence-electron chi connectivity index (χ0n) is 8.98. The summed E-state index contributed by atoms with van der Waals surface area (Å²) < 4.78 is 1.12. The molecule has 0 saturated heterocycles. The van der Waals surface area contributed by atoms with Gasteiger partial charge in [0, 0.05) is 11.3 Å². The molecular formula is C10H17N3S2. The first kappa shape index (κ1) is 11.4. The van der Waals surface area contributed by atoms with E-state index in [1.165, 1.54) is 25.7 Å². The minimum absolute atomic E-state index is 0.679. The summed E-state index contributed by atoms with van der Waals surface area (Å²) in [6.07, 6.45) is 5.19. The fourth-order valence-corrected chi connectivity index (χ4v) is 4.01. The summed E-state index contributed by atoms with van der Waals surface area (Å²) >= 11 is 3.55. The molecule has 84 valence electrons. The number of aromatic nitrogens is 2. The van der Waals surface area contributed by atoms with E-state index in [0.717, 1.165) is 10.9 Å². The lowest BCUT2D eigenvalue weighted by Gasteiger charge is -2.18. The Morgan fingerprint density at radius 3 is 3.27 bits per heavy atom. The Morgan fingerprint density at radius 1 is 1.60 bits per heavy atom. The topological polar surface area (TPSA) is 37.8 Å². The third-order valence-electron chi connectivity index (χ3n) is 2.70. The maximum Gasteiger partial charge on any atom is 0.174 e. The summed E-state index contributed by atoms with van der Waals surface area (Å²) in [5.41, 5.74) is 1.81. The number of hydrogen-bond donors (Lipinski definition) is 1. The van der Waals surface area contributed by atoms with Crippen molar-refractivity contribution >= 4 is 23.1 Å². The van der Waals surface area contributed by atoms with E-state index in [1.54, 1.807) is 11.3 Å². The van der Waals surface area contributed by atoms with Gasteiger partial charge in [0.2, 0.25) is 0 Å². The Balaban J connectivity index is 1.85. The number of rotatable bonds is 5. The number of hydrogen-bond acceptors (Lipinski definition) is 5. The zero-order chi connectivity index (χ0) is 10.5. The molecule has 1 aromatic heterocycles. The molecule has 0 spiro atoms. The number of nitrogens with one attached hydrogen (secondary N) is 1. The molecule has 0 bridgehead atoms. The molecule has 1 N–H and O–H groups in total. The molecule has 0 radical (unpaired) electrons. The van der Waals surface area contributed by atoms with E-state index < -0.39 is 0 Å². The molecule has 1 saturated carbocycles. The van der Waals surface area contributed by atoms with Crippen LogP contribution in [0.4, 0.5) is 0 Å². The van der Waals surface area contributed by atoms with Crippen molar-refractivity contribution in [1.29, 1.82) is 0 Å². The SMILES string of the molecule is CCCNC1CCCC1Sc1nncs1. The molecule has 0 aliphatic heterocycles. The molecule has 1 aliphatic carbocycles. The van der Waals surface area contributed by atoms with Crippen LogP contribution >= 0.6 is 23.1 Å². The summed E-state index contributed by atoms with van der Waals surface area (Å²) in [6.45, 7) is 3.35. The van der Waals surface area contributed by atoms with Crippen molar-refractivity contribution in [2.75, 3.05) is 6.54 Å². The van der Waals surface area contributed by atoms with E-state index in [2.05, 4.69) is 22.4 Å². The van der Waals surface area contributed by atoms with E-state index in [9.17, 15) is 0 Å². The van der Waals surface area contributed by atoms with Gasteiger partial charge in [-0.15, -0.1) is 10.2 Å². The summed E-state index contributed by atoms with van der Waals surface area (Å²) in [4.78, 5) is 0. The predicted molar refractivity (Wildman–Crippen MR) is 65.5 cm³/mol. The molecule has 15 heavy (non-hydrogen) atoms. The first-order valence-corrected chi connectivity index (χ1v) is 7.32. The molecule has 5 heteroatoms. The minimum Gasteiger partial charge on any atom is -0.313 e. The maximum atomic E-state index is 4.10. The molecule has 0 aromatic carbocycles. The third-order valence-corrected chi connectivity index (χ3v) is 4.91. The summed E-state index contributed by atoms with van der Waals surface area (Å²) in [5.74, 6) is 0. The lowest BCUT2D eigenvalue weighted by molar-refractivity contribution is 0.531. The third kappa shape index (κ3) is 3.16. The van der Waals surface area contributed by atoms with Gasteiger partial charge in [0.05, 0.1) is 0 Å². The van der Waals surface area contributed by atoms with Crippen LogP contribution in [0.25, 0.3) is 0 Å². The second-order valence-corrected chi connectivity index (χ2v) is 6.17. The van der Waals surface area contributed by atoms with E-state index in [-0.39, 0.29) is 0 Å². The van der Waals surface area contributed by atoms with Gasteiger partial charge >= 0.3 is 0 Å². The molecule has 2 rings (SSSR count). The molecule has 1 heterocycles. The van der Waals surface area contributed by atoms with Crippen molar-refractivity contribution in [3.8, 4) is 0 Å². The van der Waals surface area contributed by atoms with Crippen molar-refractivity contribution in [3.05, 3.63) is 5.51 Å². The van der Waals surface area contributed by atoms with Crippen LogP contribution in [-0.4, -0.2) is 28.0 Å². The summed E-state index contributed by atoms with van der Waals surface area (Å²) in [7, 11) is 0. The van der Waals surface area contributed by atoms with Crippen LogP contribution < -0.4 is 5.32 Å². The largest absolute Gasteiger partial charge is 0.313 e. The summed E-state index contributed by atoms with van der Waals surface area (Å²) in [6, 6.07) is 0.679. The lowest BCUT2D eigenvalue weighted by atomic mass is 10.2. The van der Waals surface area contributed by atoms with Crippen molar-refractivity contribution in [2.24, 2.45) is 0 Å². The standard InChI is InChI=1S/C10H17N3S2/c1-2-6-11-8-4-3-5-9(8)15-10-13-12-7-14-10/h7-9,11H,2-6H2,1H3. The van der Waals surface area contributed by atoms with Crippen LogP contribution in [0.15, 0.2) is 9.85 Å². The van der Waals surface area contributed by atoms with Crippen molar-refractivity contribution in [1.82, 2.24) is 15.5 Å². The Kier molecular flexibility index (Phi) is 4.41. The van der Waals surface area contributed by atoms with E-state index in [0.29, 0.717) is 11.3 Å². The van der Waals surface area contributed by atoms with Crippen molar-refractivity contribution in [3.63, 3.8) is 0 Å². The van der Waals surface area contributed by atoms with Gasteiger partial charge in [-0.2, -0.15) is 0 Å². The average Bonchev–Trinajstić information content (AvgIpc) is 2.87. The minimum atomic E-state index is 0.679. The van der Waals surface area contributed by atoms with Crippen LogP contribution in [0.2, 0.25) is 0 Å². The number of nitrogens with zero attached hydrogens (tertiary/aromatic N) is 2. The van der Waals surface area contributed by atoms with Gasteiger partial charge in [-0.3, -0.25) is 0 Å². The molecule has 2 unspecified atom stereocenters. The molecule has 1 aromatic rings. The van der Waals surface area contributed by atoms with Gasteiger partial charge in [0.15, 0.2) is 4.34 Å². The molecule has 1 aliphatic rings. The zero-order valence-corrected chi connectivity index (χ0v) is 10.6. The van der Waals surface area contributed by atoms with Crippen molar-refractivity contribution in [2.45, 2.75) is 48.2 Å². The highest BCUT2D eigenvalue weighted by Crippen LogP contribution is 2.35. The quantitative estimate of drug-likeness (QED) is 0.862. The fraction of sp³-hybridized carbons (Fsp3) is 0.800. The maximum absolute atomic E-state index is 4.10. The van der Waals surface area contributed by atoms with E-state index >= 15 is 0 Å². The van der Waals surface area contributed by atoms with Crippen molar-refractivity contribution < 1.29 is 0 Å². The van der Waals surface area contributed by atoms with Gasteiger partial charge < -0.3 is 5.32 Å². The predicted octanol–water partition coefficient (Wildman–Crippen LogP) is 2.55. The molecule has 2 atom stereocenters. The normalized spacial score (nSPS) is 25.9. The molecular weight excluding hydrogens is 226 g/mol. The first-order chi connectivity index (χ1) is 7.40. The Labute approximate surface area is 99.1 Å². The summed E-state index contributed by atoms with van der Waals surface area (Å²) in [5, 5.41) is 12.3. The highest BCUT2D eigenvalue weighted by Gasteiger charge is 2.28. The van der Waals surface area contributed by atoms with Crippen LogP contribution in [0.5, 0.6) is 0 Å². The Bertz CT molecular complexity index is 276. The van der Waals surface area contributed by atoms with Gasteiger partial charge in [0.1, 0.15) is 5.51 Å². The van der Waals surface area contributed by atoms with E-state index in [4.69, 9.17) is 0 Å². The van der Waals surface area contributed by atoms with Crippen LogP contribution in [0.1, 0.15) is 32.6 Å². The monoisotopic (exact) mass is 243 g/mol. The highest BCUT2D eigenvalue weighted by atomic mass is 32.2. The van der Waals surface area contributed by atoms with Gasteiger partial charge in [0.25, 0.3) is 0 Å². The Morgan fingerprint density at radius 2 is 2.53 bits per heavy atom. The second-order valence-electron chi connectivity index (χ2n) is 3.85. The Hall–Kier alpha value is -0.130. The van der Waals surface area contributed by atoms with E-state index in [1.807, 2.05) is 17.3 Å². The van der Waals surface area contributed by atoms with Gasteiger partial charge in [-0.1, -0.05) is 36.4 Å². The van der Waals surface area contributed by atoms with Gasteiger partial charge in [-0.25, -0.2) is 0 Å². The second kappa shape index (κ2) is 5.82. The van der Waals surface area contributed by atoms with Crippen LogP contribution in [0, 0.1) is 0 Å². The molecule has 0 amide bonds. The van der Waals surface area contributed by atoms with Crippen LogP contribution in [0.3, 0.4) is 0 Å². The average molecular weight is 243 g/mol.